The molecular weight excluding hydrogens is 480 g/mol. The van der Waals surface area contributed by atoms with E-state index in [9.17, 15) is 29.1 Å². The summed E-state index contributed by atoms with van der Waals surface area (Å²) >= 11 is 0. The molecule has 36 heavy (non-hydrogen) atoms. The van der Waals surface area contributed by atoms with Crippen LogP contribution in [0.15, 0.2) is 0 Å². The number of piperidine rings is 1. The molecule has 2 saturated heterocycles. The highest BCUT2D eigenvalue weighted by atomic mass is 16.7. The molecule has 0 bridgehead atoms. The predicted molar refractivity (Wildman–Crippen MR) is 121 cm³/mol. The lowest BCUT2D eigenvalue weighted by Gasteiger charge is -2.51. The second-order valence-corrected chi connectivity index (χ2v) is 8.98. The van der Waals surface area contributed by atoms with Gasteiger partial charge in [0, 0.05) is 40.2 Å². The van der Waals surface area contributed by atoms with Crippen LogP contribution in [-0.2, 0) is 47.7 Å². The zero-order valence-electron chi connectivity index (χ0n) is 21.3. The third kappa shape index (κ3) is 7.87. The van der Waals surface area contributed by atoms with Crippen LogP contribution >= 0.6 is 0 Å². The molecule has 2 aliphatic rings. The molecule has 13 heteroatoms. The highest BCUT2D eigenvalue weighted by molar-refractivity contribution is 5.78. The fourth-order valence-corrected chi connectivity index (χ4v) is 4.71. The Bertz CT molecular complexity index is 829. The third-order valence-electron chi connectivity index (χ3n) is 6.08. The van der Waals surface area contributed by atoms with Crippen molar-refractivity contribution in [3.63, 3.8) is 0 Å². The number of hydrogen-bond acceptors (Lipinski definition) is 12. The summed E-state index contributed by atoms with van der Waals surface area (Å²) < 4.78 is 26.4. The van der Waals surface area contributed by atoms with Gasteiger partial charge < -0.3 is 34.1 Å². The largest absolute Gasteiger partial charge is 0.465 e. The number of aliphatic hydroxyl groups is 1. The number of hydrogen-bond donors (Lipinski definition) is 2. The molecule has 0 aromatic rings. The fraction of sp³-hybridized carbons (Fsp3) is 0.783. The molecule has 2 N–H and O–H groups in total. The van der Waals surface area contributed by atoms with Crippen molar-refractivity contribution < 1.29 is 52.8 Å². The number of likely N-dealkylation sites (tertiary alicyclic amines) is 1. The van der Waals surface area contributed by atoms with Gasteiger partial charge in [-0.05, 0) is 25.9 Å². The summed E-state index contributed by atoms with van der Waals surface area (Å²) in [7, 11) is 1.08. The molecule has 0 saturated carbocycles. The lowest BCUT2D eigenvalue weighted by atomic mass is 9.84. The maximum atomic E-state index is 12.6. The van der Waals surface area contributed by atoms with Gasteiger partial charge in [0.25, 0.3) is 5.79 Å². The van der Waals surface area contributed by atoms with E-state index in [0.29, 0.717) is 13.1 Å². The Balaban J connectivity index is 2.61. The number of rotatable bonds is 9. The van der Waals surface area contributed by atoms with Crippen LogP contribution in [0.3, 0.4) is 0 Å². The molecule has 2 fully saturated rings. The van der Waals surface area contributed by atoms with Crippen LogP contribution in [0.4, 0.5) is 0 Å². The Morgan fingerprint density at radius 2 is 1.61 bits per heavy atom. The maximum Gasteiger partial charge on any atom is 0.366 e. The second-order valence-electron chi connectivity index (χ2n) is 8.98. The Labute approximate surface area is 209 Å². The normalized spacial score (nSPS) is 28.2. The van der Waals surface area contributed by atoms with Crippen LogP contribution in [-0.4, -0.2) is 103 Å². The van der Waals surface area contributed by atoms with Gasteiger partial charge in [-0.2, -0.15) is 0 Å². The summed E-state index contributed by atoms with van der Waals surface area (Å²) in [4.78, 5) is 62.4. The van der Waals surface area contributed by atoms with Crippen LogP contribution in [0.25, 0.3) is 0 Å². The molecule has 0 aromatic heterocycles. The lowest BCUT2D eigenvalue weighted by molar-refractivity contribution is -0.293. The number of ether oxygens (including phenoxy) is 5. The number of methoxy groups -OCH3 is 1. The van der Waals surface area contributed by atoms with Crippen molar-refractivity contribution in [2.45, 2.75) is 89.6 Å². The van der Waals surface area contributed by atoms with Crippen LogP contribution < -0.4 is 5.32 Å². The van der Waals surface area contributed by atoms with Crippen LogP contribution in [0, 0.1) is 0 Å². The Hall–Kier alpha value is -2.77. The van der Waals surface area contributed by atoms with E-state index in [-0.39, 0.29) is 6.42 Å². The van der Waals surface area contributed by atoms with Gasteiger partial charge in [0.15, 0.2) is 12.2 Å². The SMILES string of the molecule is COC(=O)[C@]1(O)C[C@@H](N2CCCCC2)[C@@H](NC(C)=O)[C@@H]([C@@H](OC(C)=O)[C@@H](COC(C)=O)OC(C)=O)O1. The molecule has 0 radical (unpaired) electrons. The first-order chi connectivity index (χ1) is 16.9. The van der Waals surface area contributed by atoms with Gasteiger partial charge in [0.1, 0.15) is 12.7 Å². The molecule has 13 nitrogen and oxygen atoms in total. The third-order valence-corrected chi connectivity index (χ3v) is 6.08. The molecular formula is C23H36N2O11. The highest BCUT2D eigenvalue weighted by Gasteiger charge is 2.57. The molecule has 204 valence electrons. The summed E-state index contributed by atoms with van der Waals surface area (Å²) in [6.45, 7) is 5.40. The van der Waals surface area contributed by atoms with Gasteiger partial charge >= 0.3 is 23.9 Å². The minimum Gasteiger partial charge on any atom is -0.465 e. The Morgan fingerprint density at radius 3 is 2.11 bits per heavy atom. The average molecular weight is 517 g/mol. The van der Waals surface area contributed by atoms with Gasteiger partial charge in [-0.15, -0.1) is 0 Å². The van der Waals surface area contributed by atoms with E-state index in [1.807, 2.05) is 4.90 Å². The van der Waals surface area contributed by atoms with Crippen LogP contribution in [0.5, 0.6) is 0 Å². The average Bonchev–Trinajstić information content (AvgIpc) is 2.80. The van der Waals surface area contributed by atoms with Crippen molar-refractivity contribution in [3.05, 3.63) is 0 Å². The zero-order chi connectivity index (χ0) is 27.0. The lowest BCUT2D eigenvalue weighted by Crippen LogP contribution is -2.71. The standard InChI is InChI=1S/C23H36N2O11/c1-13(26)24-19-17(25-9-7-6-8-10-25)11-23(31,22(30)32-5)36-21(19)20(35-16(4)29)18(34-15(3)28)12-33-14(2)27/h17-21,31H,6-12H2,1-5H3,(H,24,26)/t17-,18-,19-,20+,21+,23+/m1/s1. The molecule has 6 atom stereocenters. The molecule has 1 amide bonds. The van der Waals surface area contributed by atoms with Crippen molar-refractivity contribution in [3.8, 4) is 0 Å². The number of esters is 4. The van der Waals surface area contributed by atoms with E-state index in [0.717, 1.165) is 47.1 Å². The first-order valence-corrected chi connectivity index (χ1v) is 11.9. The maximum absolute atomic E-state index is 12.6. The number of nitrogens with zero attached hydrogens (tertiary/aromatic N) is 1. The van der Waals surface area contributed by atoms with Crippen molar-refractivity contribution in [1.29, 1.82) is 0 Å². The molecule has 2 aliphatic heterocycles. The zero-order valence-corrected chi connectivity index (χ0v) is 21.3. The minimum absolute atomic E-state index is 0.240. The molecule has 0 spiro atoms. The number of carbonyl (C=O) groups is 5. The molecule has 0 aromatic carbocycles. The number of amides is 1. The fourth-order valence-electron chi connectivity index (χ4n) is 4.71. The predicted octanol–water partition coefficient (Wildman–Crippen LogP) is -0.577. The van der Waals surface area contributed by atoms with Crippen molar-refractivity contribution in [1.82, 2.24) is 10.2 Å². The molecule has 2 rings (SSSR count). The molecule has 0 aliphatic carbocycles. The van der Waals surface area contributed by atoms with Gasteiger partial charge in [-0.1, -0.05) is 6.42 Å². The first-order valence-electron chi connectivity index (χ1n) is 11.9. The Morgan fingerprint density at radius 1 is 1.00 bits per heavy atom. The van der Waals surface area contributed by atoms with Crippen molar-refractivity contribution in [2.24, 2.45) is 0 Å². The minimum atomic E-state index is -2.46. The topological polar surface area (TPSA) is 167 Å². The number of carbonyl (C=O) groups excluding carboxylic acids is 5. The summed E-state index contributed by atoms with van der Waals surface area (Å²) in [5, 5.41) is 14.1. The molecule has 2 heterocycles. The van der Waals surface area contributed by atoms with Gasteiger partial charge in [0.2, 0.25) is 5.91 Å². The van der Waals surface area contributed by atoms with E-state index in [2.05, 4.69) is 5.32 Å². The van der Waals surface area contributed by atoms with Gasteiger partial charge in [-0.3, -0.25) is 24.1 Å². The summed E-state index contributed by atoms with van der Waals surface area (Å²) in [6, 6.07) is -1.55. The van der Waals surface area contributed by atoms with Crippen molar-refractivity contribution in [2.75, 3.05) is 26.8 Å². The van der Waals surface area contributed by atoms with Crippen molar-refractivity contribution >= 4 is 29.8 Å². The van der Waals surface area contributed by atoms with E-state index in [1.54, 1.807) is 0 Å². The van der Waals surface area contributed by atoms with Gasteiger partial charge in [0.05, 0.1) is 13.2 Å². The van der Waals surface area contributed by atoms with E-state index < -0.39 is 72.6 Å². The van der Waals surface area contributed by atoms with Crippen LogP contribution in [0.2, 0.25) is 0 Å². The Kier molecular flexibility index (Phi) is 10.6. The summed E-state index contributed by atoms with van der Waals surface area (Å²) in [5.74, 6) is -6.24. The second kappa shape index (κ2) is 13.0. The highest BCUT2D eigenvalue weighted by Crippen LogP contribution is 2.36. The van der Waals surface area contributed by atoms with Crippen LogP contribution in [0.1, 0.15) is 53.4 Å². The quantitative estimate of drug-likeness (QED) is 0.296. The molecule has 0 unspecified atom stereocenters. The number of nitrogens with one attached hydrogen (secondary N) is 1. The van der Waals surface area contributed by atoms with E-state index >= 15 is 0 Å². The summed E-state index contributed by atoms with van der Waals surface area (Å²) in [5.41, 5.74) is 0. The van der Waals surface area contributed by atoms with Gasteiger partial charge in [-0.25, -0.2) is 4.79 Å². The monoisotopic (exact) mass is 516 g/mol. The summed E-state index contributed by atoms with van der Waals surface area (Å²) in [6.07, 6.45) is -1.77. The first kappa shape index (κ1) is 29.5. The smallest absolute Gasteiger partial charge is 0.366 e. The van der Waals surface area contributed by atoms with E-state index in [4.69, 9.17) is 23.7 Å². The van der Waals surface area contributed by atoms with E-state index in [1.165, 1.54) is 6.92 Å².